The molecule has 176 valence electrons. The second kappa shape index (κ2) is 7.99. The zero-order valence-corrected chi connectivity index (χ0v) is 21.7. The van der Waals surface area contributed by atoms with E-state index in [1.807, 2.05) is 0 Å². The van der Waals surface area contributed by atoms with Crippen LogP contribution in [0, 0.1) is 0 Å². The molecule has 2 bridgehead atoms. The van der Waals surface area contributed by atoms with Gasteiger partial charge in [-0.15, -0.1) is 0 Å². The van der Waals surface area contributed by atoms with E-state index in [0.29, 0.717) is 0 Å². The molecule has 0 fully saturated rings. The number of aryl methyl sites for hydroxylation is 4. The highest BCUT2D eigenvalue weighted by atomic mass is 15.5. The molecule has 0 aromatic heterocycles. The first-order valence-corrected chi connectivity index (χ1v) is 13.5. The van der Waals surface area contributed by atoms with Crippen LogP contribution in [0.1, 0.15) is 83.3 Å². The van der Waals surface area contributed by atoms with E-state index in [0.717, 1.165) is 62.8 Å². The van der Waals surface area contributed by atoms with Gasteiger partial charge in [0.1, 0.15) is 12.2 Å². The monoisotopic (exact) mass is 451 g/mol. The van der Waals surface area contributed by atoms with Crippen LogP contribution in [0.3, 0.4) is 0 Å². The minimum absolute atomic E-state index is 1.01. The zero-order valence-electron chi connectivity index (χ0n) is 21.7. The molecule has 2 heteroatoms. The number of hydrogen-bond donors (Lipinski definition) is 0. The second-order valence-corrected chi connectivity index (χ2v) is 11.1. The molecule has 1 aliphatic carbocycles. The molecule has 2 nitrogen and oxygen atoms in total. The lowest BCUT2D eigenvalue weighted by atomic mass is 9.81. The average Bonchev–Trinajstić information content (AvgIpc) is 2.84. The lowest BCUT2D eigenvalue weighted by molar-refractivity contribution is 0.286. The molecule has 34 heavy (non-hydrogen) atoms. The predicted molar refractivity (Wildman–Crippen MR) is 145 cm³/mol. The first kappa shape index (κ1) is 21.9. The van der Waals surface area contributed by atoms with Gasteiger partial charge in [0.2, 0.25) is 0 Å². The fraction of sp³-hybridized carbons (Fsp3) is 0.438. The van der Waals surface area contributed by atoms with E-state index in [4.69, 9.17) is 0 Å². The molecule has 0 saturated carbocycles. The Hall–Kier alpha value is -2.58. The van der Waals surface area contributed by atoms with Crippen molar-refractivity contribution in [2.45, 2.75) is 79.3 Å². The van der Waals surface area contributed by atoms with Gasteiger partial charge in [-0.1, -0.05) is 39.8 Å². The lowest BCUT2D eigenvalue weighted by Gasteiger charge is -2.49. The Labute approximate surface area is 205 Å². The minimum atomic E-state index is 1.01. The van der Waals surface area contributed by atoms with E-state index in [1.165, 1.54) is 22.4 Å². The van der Waals surface area contributed by atoms with E-state index < -0.39 is 0 Å². The molecule has 2 aliphatic heterocycles. The molecule has 1 atom stereocenters. The molecule has 6 rings (SSSR count). The quantitative estimate of drug-likeness (QED) is 0.306. The summed E-state index contributed by atoms with van der Waals surface area (Å²) >= 11 is 0. The van der Waals surface area contributed by atoms with Crippen LogP contribution in [0.15, 0.2) is 36.4 Å². The van der Waals surface area contributed by atoms with Crippen molar-refractivity contribution in [1.29, 1.82) is 0 Å². The number of rotatable bonds is 4. The predicted octanol–water partition coefficient (Wildman–Crippen LogP) is 6.86. The summed E-state index contributed by atoms with van der Waals surface area (Å²) in [6.07, 6.45) is 6.71. The Morgan fingerprint density at radius 3 is 1.71 bits per heavy atom. The van der Waals surface area contributed by atoms with E-state index in [2.05, 4.69) is 76.0 Å². The average molecular weight is 452 g/mol. The molecule has 0 N–H and O–H groups in total. The van der Waals surface area contributed by atoms with E-state index in [1.54, 1.807) is 44.6 Å². The number of quaternary nitrogens is 1. The van der Waals surface area contributed by atoms with Gasteiger partial charge < -0.3 is 4.90 Å². The summed E-state index contributed by atoms with van der Waals surface area (Å²) in [6, 6.07) is 15.2. The van der Waals surface area contributed by atoms with Crippen molar-refractivity contribution in [2.75, 3.05) is 18.6 Å². The Morgan fingerprint density at radius 1 is 0.618 bits per heavy atom. The molecule has 0 spiro atoms. The van der Waals surface area contributed by atoms with Crippen molar-refractivity contribution in [3.63, 3.8) is 0 Å². The van der Waals surface area contributed by atoms with Gasteiger partial charge >= 0.3 is 0 Å². The molecule has 2 heterocycles. The van der Waals surface area contributed by atoms with Crippen LogP contribution in [0.4, 0.5) is 11.4 Å². The Morgan fingerprint density at radius 2 is 1.12 bits per heavy atom. The second-order valence-electron chi connectivity index (χ2n) is 11.1. The molecular weight excluding hydrogens is 412 g/mol. The van der Waals surface area contributed by atoms with Crippen LogP contribution in [-0.2, 0) is 51.6 Å². The summed E-state index contributed by atoms with van der Waals surface area (Å²) in [6.45, 7) is 12.4. The van der Waals surface area contributed by atoms with Crippen LogP contribution in [0.5, 0.6) is 0 Å². The van der Waals surface area contributed by atoms with Gasteiger partial charge in [-0.25, -0.2) is 0 Å². The van der Waals surface area contributed by atoms with Gasteiger partial charge in [-0.3, -0.25) is 4.48 Å². The highest BCUT2D eigenvalue weighted by Crippen LogP contribution is 2.45. The first-order chi connectivity index (χ1) is 16.5. The van der Waals surface area contributed by atoms with Crippen LogP contribution < -0.4 is 9.38 Å². The Bertz CT molecular complexity index is 1300. The topological polar surface area (TPSA) is 3.24 Å². The number of benzene rings is 3. The van der Waals surface area contributed by atoms with Gasteiger partial charge in [-0.2, -0.15) is 0 Å². The van der Waals surface area contributed by atoms with Crippen molar-refractivity contribution in [1.82, 2.24) is 4.48 Å². The number of hydrogen-bond acceptors (Lipinski definition) is 1. The van der Waals surface area contributed by atoms with Gasteiger partial charge in [0.05, 0.1) is 19.3 Å². The smallest absolute Gasteiger partial charge is 0.159 e. The largest absolute Gasteiger partial charge is 0.320 e. The Balaban J connectivity index is 1.41. The van der Waals surface area contributed by atoms with Gasteiger partial charge in [0.15, 0.2) is 6.67 Å². The normalized spacial score (nSPS) is 19.9. The summed E-state index contributed by atoms with van der Waals surface area (Å²) in [5.74, 6) is 0. The molecule has 0 saturated heterocycles. The van der Waals surface area contributed by atoms with Crippen molar-refractivity contribution in [2.24, 2.45) is 0 Å². The number of nitrogens with zero attached hydrogens (tertiary/aromatic N) is 2. The summed E-state index contributed by atoms with van der Waals surface area (Å²) in [4.78, 5) is 2.66. The molecule has 0 radical (unpaired) electrons. The highest BCUT2D eigenvalue weighted by Gasteiger charge is 2.42. The summed E-state index contributed by atoms with van der Waals surface area (Å²) in [7, 11) is 2.46. The maximum absolute atomic E-state index is 2.66. The molecule has 1 unspecified atom stereocenters. The van der Waals surface area contributed by atoms with Crippen molar-refractivity contribution < 1.29 is 0 Å². The number of fused-ring (bicyclic) bond motifs is 8. The third-order valence-corrected chi connectivity index (χ3v) is 8.89. The zero-order chi connectivity index (χ0) is 23.6. The standard InChI is InChI=1S/C32H39N2/c1-6-21-10-25-13-27-15-29-18-33-20-34(5,19-30-12-23(8-3)24(9-4)16-31(30)33)32(29)17-28(27)14-26(25)11-22(21)7-2/h10-12,15-17H,6-9,13-14,18-20H2,1-5H3/q+1. The van der Waals surface area contributed by atoms with Crippen LogP contribution >= 0.6 is 0 Å². The maximum Gasteiger partial charge on any atom is 0.159 e. The summed E-state index contributed by atoms with van der Waals surface area (Å²) in [5.41, 5.74) is 18.5. The molecular formula is C32H39N2+. The molecule has 3 aliphatic rings. The third kappa shape index (κ3) is 3.26. The van der Waals surface area contributed by atoms with Crippen LogP contribution in [0.2, 0.25) is 0 Å². The van der Waals surface area contributed by atoms with E-state index in [-0.39, 0.29) is 0 Å². The summed E-state index contributed by atoms with van der Waals surface area (Å²) in [5, 5.41) is 0. The van der Waals surface area contributed by atoms with Gasteiger partial charge in [0, 0.05) is 17.2 Å². The summed E-state index contributed by atoms with van der Waals surface area (Å²) < 4.78 is 1.01. The van der Waals surface area contributed by atoms with Crippen molar-refractivity contribution in [3.8, 4) is 0 Å². The Kier molecular flexibility index (Phi) is 5.15. The van der Waals surface area contributed by atoms with Crippen molar-refractivity contribution in [3.05, 3.63) is 92.0 Å². The van der Waals surface area contributed by atoms with Gasteiger partial charge in [-0.05, 0) is 101 Å². The molecule has 0 amide bonds. The van der Waals surface area contributed by atoms with Crippen LogP contribution in [-0.4, -0.2) is 13.7 Å². The lowest BCUT2D eigenvalue weighted by Crippen LogP contribution is -2.58. The maximum atomic E-state index is 2.66. The minimum Gasteiger partial charge on any atom is -0.320 e. The highest BCUT2D eigenvalue weighted by molar-refractivity contribution is 5.68. The van der Waals surface area contributed by atoms with E-state index in [9.17, 15) is 0 Å². The SMILES string of the molecule is CCc1cc2c(cc1CC)Cc1cc3c(cc1C2)CN1C[N+]3(C)Cc2cc(CC)c(CC)cc21. The van der Waals surface area contributed by atoms with Crippen LogP contribution in [0.25, 0.3) is 0 Å². The first-order valence-electron chi connectivity index (χ1n) is 13.5. The van der Waals surface area contributed by atoms with E-state index >= 15 is 0 Å². The fourth-order valence-electron chi connectivity index (χ4n) is 7.06. The van der Waals surface area contributed by atoms with Gasteiger partial charge in [0.25, 0.3) is 0 Å². The number of anilines is 1. The fourth-order valence-corrected chi connectivity index (χ4v) is 7.06. The van der Waals surface area contributed by atoms with Crippen molar-refractivity contribution >= 4 is 11.4 Å². The third-order valence-electron chi connectivity index (χ3n) is 8.89. The molecule has 3 aromatic carbocycles. The molecule has 3 aromatic rings.